The largest absolute Gasteiger partial charge is 0.309 e. The Labute approximate surface area is 275 Å². The molecule has 0 bridgehead atoms. The molecule has 1 nitrogen and oxygen atoms in total. The van der Waals surface area contributed by atoms with E-state index in [1.165, 1.54) is 77.6 Å². The summed E-state index contributed by atoms with van der Waals surface area (Å²) < 4.78 is 2.53. The van der Waals surface area contributed by atoms with Gasteiger partial charge in [0.15, 0.2) is 0 Å². The van der Waals surface area contributed by atoms with E-state index in [0.29, 0.717) is 0 Å². The molecular formula is C45H47N. The van der Waals surface area contributed by atoms with Crippen LogP contribution in [0.5, 0.6) is 0 Å². The van der Waals surface area contributed by atoms with Crippen LogP contribution in [0.2, 0.25) is 0 Å². The molecule has 1 spiro atoms. The molecule has 0 fully saturated rings. The van der Waals surface area contributed by atoms with E-state index in [9.17, 15) is 0 Å². The molecule has 8 rings (SSSR count). The highest BCUT2D eigenvalue weighted by Gasteiger charge is 2.55. The Hall–Kier alpha value is -4.10. The van der Waals surface area contributed by atoms with Gasteiger partial charge in [0, 0.05) is 21.9 Å². The first-order chi connectivity index (χ1) is 21.6. The number of fused-ring (bicyclic) bond motifs is 10. The van der Waals surface area contributed by atoms with Gasteiger partial charge in [0.2, 0.25) is 0 Å². The van der Waals surface area contributed by atoms with Gasteiger partial charge in [-0.15, -0.1) is 0 Å². The molecule has 1 unspecified atom stereocenters. The van der Waals surface area contributed by atoms with Crippen molar-refractivity contribution in [3.63, 3.8) is 0 Å². The minimum atomic E-state index is -0.172. The maximum Gasteiger partial charge on any atom is 0.0541 e. The molecular weight excluding hydrogens is 555 g/mol. The van der Waals surface area contributed by atoms with Gasteiger partial charge in [-0.1, -0.05) is 110 Å². The van der Waals surface area contributed by atoms with E-state index in [-0.39, 0.29) is 21.7 Å². The lowest BCUT2D eigenvalue weighted by molar-refractivity contribution is 0.448. The molecule has 1 aromatic heterocycles. The van der Waals surface area contributed by atoms with E-state index < -0.39 is 0 Å². The summed E-state index contributed by atoms with van der Waals surface area (Å²) in [6.45, 7) is 23.5. The molecule has 0 radical (unpaired) electrons. The molecule has 0 saturated carbocycles. The first kappa shape index (κ1) is 29.3. The number of hydrogen-bond donors (Lipinski definition) is 0. The number of aromatic nitrogens is 1. The summed E-state index contributed by atoms with van der Waals surface area (Å²) in [5, 5.41) is 2.68. The number of aryl methyl sites for hydroxylation is 2. The number of benzene rings is 5. The SMILES string of the molecule is Cc1ccc(C)c2c1C(C)(C)CC21c2ccccc2-c2ccc(-n3c4ccc(C(C)(C)C)cc4c4cc(C(C)(C)C)ccc43)cc21. The van der Waals surface area contributed by atoms with Crippen LogP contribution >= 0.6 is 0 Å². The van der Waals surface area contributed by atoms with Gasteiger partial charge in [0.05, 0.1) is 11.0 Å². The van der Waals surface area contributed by atoms with Crippen LogP contribution in [0.15, 0.2) is 91.0 Å². The minimum Gasteiger partial charge on any atom is -0.309 e. The molecule has 2 aliphatic rings. The molecule has 232 valence electrons. The molecule has 0 saturated heterocycles. The lowest BCUT2D eigenvalue weighted by atomic mass is 9.70. The van der Waals surface area contributed by atoms with E-state index in [4.69, 9.17) is 0 Å². The summed E-state index contributed by atoms with van der Waals surface area (Å²) in [7, 11) is 0. The van der Waals surface area contributed by atoms with Gasteiger partial charge in [-0.25, -0.2) is 0 Å². The Morgan fingerprint density at radius 1 is 0.565 bits per heavy atom. The highest BCUT2D eigenvalue weighted by Crippen LogP contribution is 2.64. The predicted molar refractivity (Wildman–Crippen MR) is 197 cm³/mol. The van der Waals surface area contributed by atoms with E-state index in [0.717, 1.165) is 6.42 Å². The predicted octanol–water partition coefficient (Wildman–Crippen LogP) is 12.0. The Balaban J connectivity index is 1.46. The Kier molecular flexibility index (Phi) is 5.89. The molecule has 0 aliphatic heterocycles. The minimum absolute atomic E-state index is 0.0652. The summed E-state index contributed by atoms with van der Waals surface area (Å²) in [5.74, 6) is 0. The highest BCUT2D eigenvalue weighted by atomic mass is 15.0. The standard InChI is InChI=1S/C45H47N/c1-27-15-16-28(2)41-40(27)44(9,10)26-45(41)36-14-12-11-13-32(36)33-20-19-31(25-37(33)45)46-38-21-17-29(42(3,4)5)23-34(38)35-24-30(43(6,7)8)18-22-39(35)46/h11-25H,26H2,1-10H3. The van der Waals surface area contributed by atoms with Gasteiger partial charge in [-0.3, -0.25) is 0 Å². The molecule has 2 aliphatic carbocycles. The van der Waals surface area contributed by atoms with Crippen LogP contribution < -0.4 is 0 Å². The van der Waals surface area contributed by atoms with Crippen molar-refractivity contribution < 1.29 is 0 Å². The Morgan fingerprint density at radius 2 is 1.11 bits per heavy atom. The summed E-state index contributed by atoms with van der Waals surface area (Å²) >= 11 is 0. The third-order valence-corrected chi connectivity index (χ3v) is 11.3. The van der Waals surface area contributed by atoms with Crippen LogP contribution in [0.3, 0.4) is 0 Å². The maximum atomic E-state index is 2.55. The third kappa shape index (κ3) is 3.87. The first-order valence-electron chi connectivity index (χ1n) is 17.1. The molecule has 5 aromatic carbocycles. The van der Waals surface area contributed by atoms with Crippen LogP contribution in [0.1, 0.15) is 106 Å². The molecule has 0 amide bonds. The zero-order valence-corrected chi connectivity index (χ0v) is 29.3. The smallest absolute Gasteiger partial charge is 0.0541 e. The number of nitrogens with zero attached hydrogens (tertiary/aromatic N) is 1. The quantitative estimate of drug-likeness (QED) is 0.177. The van der Waals surface area contributed by atoms with Crippen LogP contribution in [-0.2, 0) is 21.7 Å². The lowest BCUT2D eigenvalue weighted by Gasteiger charge is -2.31. The Morgan fingerprint density at radius 3 is 1.70 bits per heavy atom. The zero-order chi connectivity index (χ0) is 32.6. The summed E-state index contributed by atoms with van der Waals surface area (Å²) in [6.07, 6.45) is 1.07. The average Bonchev–Trinajstić information content (AvgIpc) is 3.57. The van der Waals surface area contributed by atoms with Crippen molar-refractivity contribution in [3.8, 4) is 16.8 Å². The maximum absolute atomic E-state index is 2.55. The topological polar surface area (TPSA) is 4.93 Å². The van der Waals surface area contributed by atoms with Crippen LogP contribution in [0, 0.1) is 13.8 Å². The second-order valence-electron chi connectivity index (χ2n) is 17.0. The molecule has 6 aromatic rings. The Bertz CT molecular complexity index is 2170. The molecule has 46 heavy (non-hydrogen) atoms. The molecule has 1 heteroatoms. The van der Waals surface area contributed by atoms with Gasteiger partial charge in [-0.05, 0) is 129 Å². The zero-order valence-electron chi connectivity index (χ0n) is 29.3. The van der Waals surface area contributed by atoms with Crippen molar-refractivity contribution in [1.29, 1.82) is 0 Å². The highest BCUT2D eigenvalue weighted by molar-refractivity contribution is 6.10. The average molecular weight is 602 g/mol. The van der Waals surface area contributed by atoms with Gasteiger partial charge in [0.25, 0.3) is 0 Å². The van der Waals surface area contributed by atoms with Crippen molar-refractivity contribution >= 4 is 21.8 Å². The first-order valence-corrected chi connectivity index (χ1v) is 17.1. The number of hydrogen-bond acceptors (Lipinski definition) is 0. The second kappa shape index (κ2) is 9.25. The van der Waals surface area contributed by atoms with Crippen LogP contribution in [0.25, 0.3) is 38.6 Å². The normalized spacial score (nSPS) is 18.4. The summed E-state index contributed by atoms with van der Waals surface area (Å²) in [4.78, 5) is 0. The fourth-order valence-electron chi connectivity index (χ4n) is 9.26. The van der Waals surface area contributed by atoms with Crippen molar-refractivity contribution in [2.24, 2.45) is 0 Å². The van der Waals surface area contributed by atoms with Gasteiger partial charge < -0.3 is 4.57 Å². The molecule has 1 atom stereocenters. The van der Waals surface area contributed by atoms with E-state index in [2.05, 4.69) is 165 Å². The fraction of sp³-hybridized carbons (Fsp3) is 0.333. The lowest BCUT2D eigenvalue weighted by Crippen LogP contribution is -2.27. The summed E-state index contributed by atoms with van der Waals surface area (Å²) in [5.41, 5.74) is 18.2. The van der Waals surface area contributed by atoms with Crippen molar-refractivity contribution in [2.45, 2.75) is 97.3 Å². The monoisotopic (exact) mass is 601 g/mol. The van der Waals surface area contributed by atoms with Crippen molar-refractivity contribution in [3.05, 3.63) is 136 Å². The third-order valence-electron chi connectivity index (χ3n) is 11.3. The van der Waals surface area contributed by atoms with Gasteiger partial charge >= 0.3 is 0 Å². The molecule has 0 N–H and O–H groups in total. The fourth-order valence-corrected chi connectivity index (χ4v) is 9.26. The van der Waals surface area contributed by atoms with E-state index in [1.54, 1.807) is 5.56 Å². The number of rotatable bonds is 1. The van der Waals surface area contributed by atoms with E-state index >= 15 is 0 Å². The van der Waals surface area contributed by atoms with Crippen LogP contribution in [0.4, 0.5) is 0 Å². The summed E-state index contributed by atoms with van der Waals surface area (Å²) in [6, 6.07) is 35.6. The van der Waals surface area contributed by atoms with Crippen molar-refractivity contribution in [1.82, 2.24) is 4.57 Å². The second-order valence-corrected chi connectivity index (χ2v) is 17.0. The van der Waals surface area contributed by atoms with Crippen LogP contribution in [-0.4, -0.2) is 4.57 Å². The van der Waals surface area contributed by atoms with E-state index in [1.807, 2.05) is 0 Å². The van der Waals surface area contributed by atoms with Crippen molar-refractivity contribution in [2.75, 3.05) is 0 Å². The van der Waals surface area contributed by atoms with Gasteiger partial charge in [0.1, 0.15) is 0 Å². The van der Waals surface area contributed by atoms with Gasteiger partial charge in [-0.2, -0.15) is 0 Å². The molecule has 1 heterocycles.